The molecule has 2 nitrogen and oxygen atoms in total. The van der Waals surface area contributed by atoms with Crippen molar-refractivity contribution in [2.75, 3.05) is 6.54 Å². The minimum absolute atomic E-state index is 0.784. The molecule has 2 heteroatoms. The van der Waals surface area contributed by atoms with Crippen LogP contribution in [0.5, 0.6) is 0 Å². The van der Waals surface area contributed by atoms with Crippen molar-refractivity contribution in [3.63, 3.8) is 0 Å². The molecule has 1 aliphatic carbocycles. The van der Waals surface area contributed by atoms with Gasteiger partial charge in [-0.15, -0.1) is 0 Å². The average Bonchev–Trinajstić information content (AvgIpc) is 2.98. The van der Waals surface area contributed by atoms with Crippen LogP contribution in [0.2, 0.25) is 0 Å². The molecule has 1 aliphatic rings. The van der Waals surface area contributed by atoms with E-state index >= 15 is 0 Å². The molecule has 0 atom stereocenters. The van der Waals surface area contributed by atoms with Gasteiger partial charge in [-0.25, -0.2) is 0 Å². The first-order valence-electron chi connectivity index (χ1n) is 6.04. The smallest absolute Gasteiger partial charge is 0.134 e. The number of fused-ring (bicyclic) bond motifs is 1. The molecule has 0 radical (unpaired) electrons. The summed E-state index contributed by atoms with van der Waals surface area (Å²) in [5.41, 5.74) is 2.29. The standard InChI is InChI=1S/C14H17NO/c1-10-2-5-14-11(8-10)9-13(16-14)6-7-15-12-3-4-12/h2,5,8-9,12,15H,3-4,6-7H2,1H3. The predicted octanol–water partition coefficient (Wildman–Crippen LogP) is 3.04. The fraction of sp³-hybridized carbons (Fsp3) is 0.429. The zero-order valence-electron chi connectivity index (χ0n) is 9.62. The van der Waals surface area contributed by atoms with Crippen molar-refractivity contribution in [2.24, 2.45) is 0 Å². The summed E-state index contributed by atoms with van der Waals surface area (Å²) in [7, 11) is 0. The van der Waals surface area contributed by atoms with E-state index in [0.717, 1.165) is 30.4 Å². The Bertz CT molecular complexity index is 496. The Hall–Kier alpha value is -1.28. The van der Waals surface area contributed by atoms with Gasteiger partial charge in [0.15, 0.2) is 0 Å². The van der Waals surface area contributed by atoms with Gasteiger partial charge in [-0.1, -0.05) is 11.6 Å². The molecule has 0 bridgehead atoms. The minimum Gasteiger partial charge on any atom is -0.461 e. The van der Waals surface area contributed by atoms with Crippen LogP contribution in [-0.2, 0) is 6.42 Å². The zero-order chi connectivity index (χ0) is 11.0. The molecule has 1 heterocycles. The number of aryl methyl sites for hydroxylation is 1. The molecule has 1 saturated carbocycles. The molecule has 1 fully saturated rings. The van der Waals surface area contributed by atoms with Crippen molar-refractivity contribution in [2.45, 2.75) is 32.2 Å². The number of benzene rings is 1. The molecule has 84 valence electrons. The molecule has 0 unspecified atom stereocenters. The van der Waals surface area contributed by atoms with E-state index in [9.17, 15) is 0 Å². The van der Waals surface area contributed by atoms with Crippen LogP contribution in [0.3, 0.4) is 0 Å². The molecule has 1 aromatic heterocycles. The van der Waals surface area contributed by atoms with Gasteiger partial charge >= 0.3 is 0 Å². The van der Waals surface area contributed by atoms with Gasteiger partial charge in [0.25, 0.3) is 0 Å². The second kappa shape index (κ2) is 3.95. The number of rotatable bonds is 4. The SMILES string of the molecule is Cc1ccc2oc(CCNC3CC3)cc2c1. The first-order chi connectivity index (χ1) is 7.81. The van der Waals surface area contributed by atoms with Crippen molar-refractivity contribution in [3.8, 4) is 0 Å². The maximum absolute atomic E-state index is 5.79. The highest BCUT2D eigenvalue weighted by molar-refractivity contribution is 5.78. The Morgan fingerprint density at radius 2 is 2.19 bits per heavy atom. The molecular formula is C14H17NO. The van der Waals surface area contributed by atoms with Gasteiger partial charge in [-0.2, -0.15) is 0 Å². The summed E-state index contributed by atoms with van der Waals surface area (Å²) in [6.07, 6.45) is 3.68. The largest absolute Gasteiger partial charge is 0.461 e. The highest BCUT2D eigenvalue weighted by atomic mass is 16.3. The molecule has 1 N–H and O–H groups in total. The Kier molecular flexibility index (Phi) is 2.44. The van der Waals surface area contributed by atoms with Gasteiger partial charge in [-0.05, 0) is 38.0 Å². The average molecular weight is 215 g/mol. The van der Waals surface area contributed by atoms with Crippen LogP contribution in [-0.4, -0.2) is 12.6 Å². The summed E-state index contributed by atoms with van der Waals surface area (Å²) >= 11 is 0. The summed E-state index contributed by atoms with van der Waals surface area (Å²) in [5.74, 6) is 1.09. The van der Waals surface area contributed by atoms with Gasteiger partial charge in [0.1, 0.15) is 11.3 Å². The molecule has 0 spiro atoms. The molecule has 0 saturated heterocycles. The quantitative estimate of drug-likeness (QED) is 0.848. The van der Waals surface area contributed by atoms with Crippen LogP contribution in [0.1, 0.15) is 24.2 Å². The Balaban J connectivity index is 1.71. The van der Waals surface area contributed by atoms with Gasteiger partial charge in [0.05, 0.1) is 0 Å². The zero-order valence-corrected chi connectivity index (χ0v) is 9.62. The first kappa shape index (κ1) is 9.91. The van der Waals surface area contributed by atoms with Crippen LogP contribution in [0.15, 0.2) is 28.7 Å². The van der Waals surface area contributed by atoms with E-state index in [1.807, 2.05) is 0 Å². The highest BCUT2D eigenvalue weighted by Crippen LogP contribution is 2.21. The lowest BCUT2D eigenvalue weighted by atomic mass is 10.2. The van der Waals surface area contributed by atoms with Crippen molar-refractivity contribution in [3.05, 3.63) is 35.6 Å². The lowest BCUT2D eigenvalue weighted by Gasteiger charge is -1.98. The molecule has 0 amide bonds. The summed E-state index contributed by atoms with van der Waals surface area (Å²) in [6.45, 7) is 3.14. The molecular weight excluding hydrogens is 198 g/mol. The van der Waals surface area contributed by atoms with Gasteiger partial charge < -0.3 is 9.73 Å². The lowest BCUT2D eigenvalue weighted by Crippen LogP contribution is -2.18. The number of hydrogen-bond donors (Lipinski definition) is 1. The van der Waals surface area contributed by atoms with E-state index in [0.29, 0.717) is 0 Å². The van der Waals surface area contributed by atoms with E-state index in [-0.39, 0.29) is 0 Å². The Morgan fingerprint density at radius 1 is 1.31 bits per heavy atom. The maximum atomic E-state index is 5.79. The van der Waals surface area contributed by atoms with E-state index in [1.54, 1.807) is 0 Å². The third kappa shape index (κ3) is 2.12. The summed E-state index contributed by atoms with van der Waals surface area (Å²) in [5, 5.41) is 4.72. The van der Waals surface area contributed by atoms with Crippen LogP contribution in [0, 0.1) is 6.92 Å². The second-order valence-corrected chi connectivity index (χ2v) is 4.73. The van der Waals surface area contributed by atoms with E-state index in [1.165, 1.54) is 23.8 Å². The van der Waals surface area contributed by atoms with Crippen LogP contribution in [0.4, 0.5) is 0 Å². The summed E-state index contributed by atoms with van der Waals surface area (Å²) in [4.78, 5) is 0. The minimum atomic E-state index is 0.784. The van der Waals surface area contributed by atoms with Crippen molar-refractivity contribution >= 4 is 11.0 Å². The normalized spacial score (nSPS) is 15.8. The van der Waals surface area contributed by atoms with E-state index in [4.69, 9.17) is 4.42 Å². The van der Waals surface area contributed by atoms with Crippen LogP contribution in [0.25, 0.3) is 11.0 Å². The predicted molar refractivity (Wildman–Crippen MR) is 65.7 cm³/mol. The van der Waals surface area contributed by atoms with Crippen molar-refractivity contribution in [1.29, 1.82) is 0 Å². The van der Waals surface area contributed by atoms with Gasteiger partial charge in [0, 0.05) is 24.4 Å². The molecule has 3 rings (SSSR count). The molecule has 0 aliphatic heterocycles. The number of nitrogens with one attached hydrogen (secondary N) is 1. The lowest BCUT2D eigenvalue weighted by molar-refractivity contribution is 0.532. The van der Waals surface area contributed by atoms with E-state index in [2.05, 4.69) is 36.5 Å². The maximum Gasteiger partial charge on any atom is 0.134 e. The Morgan fingerprint density at radius 3 is 3.00 bits per heavy atom. The number of hydrogen-bond acceptors (Lipinski definition) is 2. The topological polar surface area (TPSA) is 25.2 Å². The summed E-state index contributed by atoms with van der Waals surface area (Å²) < 4.78 is 5.79. The second-order valence-electron chi connectivity index (χ2n) is 4.73. The van der Waals surface area contributed by atoms with Crippen LogP contribution < -0.4 is 5.32 Å². The van der Waals surface area contributed by atoms with Crippen molar-refractivity contribution in [1.82, 2.24) is 5.32 Å². The summed E-state index contributed by atoms with van der Waals surface area (Å²) in [6, 6.07) is 9.28. The molecule has 2 aromatic rings. The Labute approximate surface area is 95.6 Å². The fourth-order valence-electron chi connectivity index (χ4n) is 2.03. The fourth-order valence-corrected chi connectivity index (χ4v) is 2.03. The third-order valence-electron chi connectivity index (χ3n) is 3.10. The third-order valence-corrected chi connectivity index (χ3v) is 3.10. The molecule has 16 heavy (non-hydrogen) atoms. The molecule has 1 aromatic carbocycles. The van der Waals surface area contributed by atoms with Crippen LogP contribution >= 0.6 is 0 Å². The first-order valence-corrected chi connectivity index (χ1v) is 6.04. The van der Waals surface area contributed by atoms with Gasteiger partial charge in [0.2, 0.25) is 0 Å². The highest BCUT2D eigenvalue weighted by Gasteiger charge is 2.19. The monoisotopic (exact) mass is 215 g/mol. The van der Waals surface area contributed by atoms with Gasteiger partial charge in [-0.3, -0.25) is 0 Å². The van der Waals surface area contributed by atoms with Crippen molar-refractivity contribution < 1.29 is 4.42 Å². The number of furan rings is 1. The van der Waals surface area contributed by atoms with E-state index < -0.39 is 0 Å².